The third kappa shape index (κ3) is 3.07. The first-order valence-electron chi connectivity index (χ1n) is 7.12. The maximum atomic E-state index is 4.42. The molecule has 0 aromatic heterocycles. The van der Waals surface area contributed by atoms with Crippen LogP contribution in [0.25, 0.3) is 0 Å². The number of rotatable bonds is 3. The Morgan fingerprint density at radius 3 is 2.89 bits per heavy atom. The van der Waals surface area contributed by atoms with Gasteiger partial charge in [0, 0.05) is 32.2 Å². The van der Waals surface area contributed by atoms with Crippen molar-refractivity contribution in [3.05, 3.63) is 35.9 Å². The maximum absolute atomic E-state index is 4.42. The van der Waals surface area contributed by atoms with E-state index in [1.54, 1.807) is 0 Å². The van der Waals surface area contributed by atoms with Crippen molar-refractivity contribution in [2.24, 2.45) is 10.9 Å². The van der Waals surface area contributed by atoms with E-state index < -0.39 is 0 Å². The maximum Gasteiger partial charge on any atom is 0.191 e. The lowest BCUT2D eigenvalue weighted by molar-refractivity contribution is 0.318. The van der Waals surface area contributed by atoms with Crippen LogP contribution >= 0.6 is 0 Å². The second-order valence-electron chi connectivity index (χ2n) is 5.56. The van der Waals surface area contributed by atoms with Crippen molar-refractivity contribution in [3.63, 3.8) is 0 Å². The Morgan fingerprint density at radius 1 is 1.32 bits per heavy atom. The molecule has 0 bridgehead atoms. The molecule has 2 N–H and O–H groups in total. The molecule has 0 spiro atoms. The van der Waals surface area contributed by atoms with Gasteiger partial charge in [-0.3, -0.25) is 9.89 Å². The number of nitrogens with one attached hydrogen (secondary N) is 2. The van der Waals surface area contributed by atoms with E-state index in [1.807, 2.05) is 0 Å². The van der Waals surface area contributed by atoms with Crippen molar-refractivity contribution >= 4 is 5.96 Å². The van der Waals surface area contributed by atoms with Crippen LogP contribution in [0.2, 0.25) is 0 Å². The monoisotopic (exact) mass is 258 g/mol. The second-order valence-corrected chi connectivity index (χ2v) is 5.56. The van der Waals surface area contributed by atoms with Crippen molar-refractivity contribution in [2.45, 2.75) is 19.5 Å². The first kappa shape index (κ1) is 12.5. The van der Waals surface area contributed by atoms with Crippen LogP contribution in [0.5, 0.6) is 0 Å². The molecule has 2 atom stereocenters. The first-order valence-corrected chi connectivity index (χ1v) is 7.12. The third-order valence-electron chi connectivity index (χ3n) is 3.93. The number of hydrogen-bond donors (Lipinski definition) is 2. The van der Waals surface area contributed by atoms with Crippen molar-refractivity contribution in [3.8, 4) is 0 Å². The van der Waals surface area contributed by atoms with E-state index in [9.17, 15) is 0 Å². The lowest BCUT2D eigenvalue weighted by Gasteiger charge is -2.18. The topological polar surface area (TPSA) is 39.7 Å². The molecule has 0 saturated carbocycles. The fraction of sp³-hybridized carbons (Fsp3) is 0.533. The molecule has 3 rings (SSSR count). The van der Waals surface area contributed by atoms with E-state index in [0.29, 0.717) is 12.0 Å². The van der Waals surface area contributed by atoms with Crippen LogP contribution in [0, 0.1) is 5.92 Å². The van der Waals surface area contributed by atoms with Crippen LogP contribution in [0.15, 0.2) is 35.3 Å². The molecule has 0 amide bonds. The summed E-state index contributed by atoms with van der Waals surface area (Å²) in [6.45, 7) is 7.48. The fourth-order valence-corrected chi connectivity index (χ4v) is 2.90. The van der Waals surface area contributed by atoms with E-state index in [-0.39, 0.29) is 0 Å². The summed E-state index contributed by atoms with van der Waals surface area (Å²) in [7, 11) is 0. The fourth-order valence-electron chi connectivity index (χ4n) is 2.90. The van der Waals surface area contributed by atoms with E-state index >= 15 is 0 Å². The first-order chi connectivity index (χ1) is 9.31. The number of likely N-dealkylation sites (tertiary alicyclic amines) is 1. The third-order valence-corrected chi connectivity index (χ3v) is 3.93. The molecule has 1 aromatic rings. The van der Waals surface area contributed by atoms with Crippen LogP contribution in [-0.4, -0.2) is 43.1 Å². The van der Waals surface area contributed by atoms with Gasteiger partial charge in [-0.05, 0) is 11.5 Å². The molecule has 2 heterocycles. The van der Waals surface area contributed by atoms with E-state index in [2.05, 4.69) is 57.8 Å². The lowest BCUT2D eigenvalue weighted by atomic mass is 10.1. The summed E-state index contributed by atoms with van der Waals surface area (Å²) >= 11 is 0. The molecule has 2 aliphatic heterocycles. The van der Waals surface area contributed by atoms with Crippen LogP contribution in [0.3, 0.4) is 0 Å². The highest BCUT2D eigenvalue weighted by Crippen LogP contribution is 2.18. The van der Waals surface area contributed by atoms with Gasteiger partial charge in [0.15, 0.2) is 5.96 Å². The number of benzene rings is 1. The Hall–Kier alpha value is -1.55. The summed E-state index contributed by atoms with van der Waals surface area (Å²) in [4.78, 5) is 6.94. The van der Waals surface area contributed by atoms with Gasteiger partial charge in [-0.2, -0.15) is 0 Å². The molecule has 2 aliphatic rings. The highest BCUT2D eigenvalue weighted by atomic mass is 15.3. The summed E-state index contributed by atoms with van der Waals surface area (Å²) < 4.78 is 0. The Labute approximate surface area is 114 Å². The van der Waals surface area contributed by atoms with Gasteiger partial charge in [0.25, 0.3) is 0 Å². The minimum absolute atomic E-state index is 0.507. The Morgan fingerprint density at radius 2 is 2.16 bits per heavy atom. The molecule has 1 fully saturated rings. The Kier molecular flexibility index (Phi) is 3.69. The number of guanidine groups is 1. The van der Waals surface area contributed by atoms with Crippen LogP contribution < -0.4 is 10.6 Å². The van der Waals surface area contributed by atoms with Crippen LogP contribution in [0.4, 0.5) is 0 Å². The Balaban J connectivity index is 1.55. The molecule has 19 heavy (non-hydrogen) atoms. The molecular formula is C15H22N4. The zero-order valence-electron chi connectivity index (χ0n) is 11.5. The zero-order chi connectivity index (χ0) is 13.1. The minimum Gasteiger partial charge on any atom is -0.355 e. The molecular weight excluding hydrogens is 236 g/mol. The highest BCUT2D eigenvalue weighted by Gasteiger charge is 2.30. The highest BCUT2D eigenvalue weighted by molar-refractivity contribution is 5.81. The van der Waals surface area contributed by atoms with Gasteiger partial charge in [0.05, 0.1) is 6.54 Å². The molecule has 0 aliphatic carbocycles. The minimum atomic E-state index is 0.507. The van der Waals surface area contributed by atoms with E-state index in [4.69, 9.17) is 0 Å². The van der Waals surface area contributed by atoms with Crippen molar-refractivity contribution in [2.75, 3.05) is 26.2 Å². The molecule has 4 heteroatoms. The van der Waals surface area contributed by atoms with Gasteiger partial charge in [0.1, 0.15) is 0 Å². The van der Waals surface area contributed by atoms with Crippen LogP contribution in [0.1, 0.15) is 12.5 Å². The van der Waals surface area contributed by atoms with Gasteiger partial charge in [-0.1, -0.05) is 37.3 Å². The normalized spacial score (nSPS) is 27.1. The van der Waals surface area contributed by atoms with Crippen molar-refractivity contribution in [1.29, 1.82) is 0 Å². The summed E-state index contributed by atoms with van der Waals surface area (Å²) in [5.41, 5.74) is 1.40. The SMILES string of the molecule is CC1CN(Cc2ccccc2)CC1NC1=NCCN1. The summed E-state index contributed by atoms with van der Waals surface area (Å²) in [6.07, 6.45) is 0. The molecule has 1 saturated heterocycles. The van der Waals surface area contributed by atoms with Crippen molar-refractivity contribution < 1.29 is 0 Å². The van der Waals surface area contributed by atoms with E-state index in [1.165, 1.54) is 5.56 Å². The molecule has 0 radical (unpaired) electrons. The largest absolute Gasteiger partial charge is 0.355 e. The molecule has 102 valence electrons. The number of aliphatic imine (C=N–C) groups is 1. The molecule has 2 unspecified atom stereocenters. The average Bonchev–Trinajstić information content (AvgIpc) is 3.02. The van der Waals surface area contributed by atoms with Gasteiger partial charge in [-0.25, -0.2) is 0 Å². The predicted molar refractivity (Wildman–Crippen MR) is 78.1 cm³/mol. The molecule has 4 nitrogen and oxygen atoms in total. The summed E-state index contributed by atoms with van der Waals surface area (Å²) in [5.74, 6) is 1.65. The lowest BCUT2D eigenvalue weighted by Crippen LogP contribution is -2.44. The molecule has 1 aromatic carbocycles. The predicted octanol–water partition coefficient (Wildman–Crippen LogP) is 1.06. The zero-order valence-corrected chi connectivity index (χ0v) is 11.5. The van der Waals surface area contributed by atoms with E-state index in [0.717, 1.165) is 38.7 Å². The summed E-state index contributed by atoms with van der Waals surface area (Å²) in [5, 5.41) is 6.83. The average molecular weight is 258 g/mol. The smallest absolute Gasteiger partial charge is 0.191 e. The van der Waals surface area contributed by atoms with Gasteiger partial charge in [0.2, 0.25) is 0 Å². The van der Waals surface area contributed by atoms with Crippen LogP contribution in [-0.2, 0) is 6.54 Å². The second kappa shape index (κ2) is 5.61. The van der Waals surface area contributed by atoms with Gasteiger partial charge >= 0.3 is 0 Å². The quantitative estimate of drug-likeness (QED) is 0.851. The Bertz CT molecular complexity index is 443. The summed E-state index contributed by atoms with van der Waals surface area (Å²) in [6, 6.07) is 11.2. The van der Waals surface area contributed by atoms with Gasteiger partial charge < -0.3 is 10.6 Å². The van der Waals surface area contributed by atoms with Gasteiger partial charge in [-0.15, -0.1) is 0 Å². The standard InChI is InChI=1S/C15H22N4/c1-12-9-19(10-13-5-3-2-4-6-13)11-14(12)18-15-16-7-8-17-15/h2-6,12,14H,7-11H2,1H3,(H2,16,17,18). The number of nitrogens with zero attached hydrogens (tertiary/aromatic N) is 2. The van der Waals surface area contributed by atoms with Crippen molar-refractivity contribution in [1.82, 2.24) is 15.5 Å². The number of hydrogen-bond acceptors (Lipinski definition) is 4.